The van der Waals surface area contributed by atoms with Crippen LogP contribution in [0.25, 0.3) is 0 Å². The van der Waals surface area contributed by atoms with Crippen LogP contribution in [0.15, 0.2) is 24.3 Å². The third kappa shape index (κ3) is 5.97. The van der Waals surface area contributed by atoms with Crippen LogP contribution < -0.4 is 5.32 Å². The van der Waals surface area contributed by atoms with E-state index in [1.54, 1.807) is 19.1 Å². The summed E-state index contributed by atoms with van der Waals surface area (Å²) in [5.41, 5.74) is 1.66. The molecule has 5 heteroatoms. The van der Waals surface area contributed by atoms with Crippen LogP contribution in [0.2, 0.25) is 0 Å². The van der Waals surface area contributed by atoms with Gasteiger partial charge in [0.25, 0.3) is 5.91 Å². The van der Waals surface area contributed by atoms with E-state index in [0.29, 0.717) is 11.5 Å². The summed E-state index contributed by atoms with van der Waals surface area (Å²) >= 11 is 0. The molecule has 0 spiro atoms. The van der Waals surface area contributed by atoms with Gasteiger partial charge in [-0.05, 0) is 32.6 Å². The van der Waals surface area contributed by atoms with Crippen molar-refractivity contribution in [2.24, 2.45) is 5.92 Å². The molecule has 0 unspecified atom stereocenters. The van der Waals surface area contributed by atoms with Crippen LogP contribution in [0.3, 0.4) is 0 Å². The monoisotopic (exact) mass is 359 g/mol. The first-order chi connectivity index (χ1) is 12.4. The number of carbonyl (C=O) groups is 3. The Labute approximate surface area is 155 Å². The van der Waals surface area contributed by atoms with Crippen molar-refractivity contribution in [1.29, 1.82) is 0 Å². The predicted octanol–water partition coefficient (Wildman–Crippen LogP) is 3.58. The molecule has 1 saturated carbocycles. The van der Waals surface area contributed by atoms with Gasteiger partial charge < -0.3 is 10.1 Å². The van der Waals surface area contributed by atoms with Gasteiger partial charge in [-0.2, -0.15) is 0 Å². The Hall–Kier alpha value is -2.17. The number of rotatable bonds is 7. The average Bonchev–Trinajstić information content (AvgIpc) is 2.62. The maximum absolute atomic E-state index is 12.2. The van der Waals surface area contributed by atoms with Gasteiger partial charge in [-0.15, -0.1) is 0 Å². The topological polar surface area (TPSA) is 72.5 Å². The minimum absolute atomic E-state index is 0.0236. The molecule has 1 aromatic carbocycles. The Morgan fingerprint density at radius 3 is 2.42 bits per heavy atom. The summed E-state index contributed by atoms with van der Waals surface area (Å²) in [5, 5.41) is 2.99. The summed E-state index contributed by atoms with van der Waals surface area (Å²) in [4.78, 5) is 36.3. The molecule has 1 aliphatic rings. The minimum atomic E-state index is -0.842. The highest BCUT2D eigenvalue weighted by Crippen LogP contribution is 2.23. The summed E-state index contributed by atoms with van der Waals surface area (Å²) < 4.78 is 5.19. The maximum Gasteiger partial charge on any atom is 0.307 e. The normalized spacial score (nSPS) is 20.9. The van der Waals surface area contributed by atoms with Gasteiger partial charge in [-0.3, -0.25) is 14.4 Å². The molecule has 3 atom stereocenters. The molecule has 0 saturated heterocycles. The molecule has 26 heavy (non-hydrogen) atoms. The van der Waals surface area contributed by atoms with Gasteiger partial charge in [0.05, 0.1) is 6.42 Å². The zero-order chi connectivity index (χ0) is 19.1. The predicted molar refractivity (Wildman–Crippen MR) is 99.9 cm³/mol. The van der Waals surface area contributed by atoms with E-state index in [-0.39, 0.29) is 30.6 Å². The summed E-state index contributed by atoms with van der Waals surface area (Å²) in [6.45, 7) is 5.66. The third-order valence-corrected chi connectivity index (χ3v) is 5.05. The van der Waals surface area contributed by atoms with Crippen molar-refractivity contribution in [3.8, 4) is 0 Å². The lowest BCUT2D eigenvalue weighted by atomic mass is 9.86. The van der Waals surface area contributed by atoms with Crippen LogP contribution in [0, 0.1) is 12.8 Å². The Bertz CT molecular complexity index is 638. The van der Waals surface area contributed by atoms with Crippen molar-refractivity contribution >= 4 is 17.7 Å². The van der Waals surface area contributed by atoms with E-state index in [1.807, 2.05) is 19.1 Å². The Kier molecular flexibility index (Phi) is 7.37. The smallest absolute Gasteiger partial charge is 0.307 e. The number of hydrogen-bond donors (Lipinski definition) is 1. The van der Waals surface area contributed by atoms with Gasteiger partial charge >= 0.3 is 5.97 Å². The molecule has 0 aromatic heterocycles. The van der Waals surface area contributed by atoms with Gasteiger partial charge in [-0.1, -0.05) is 49.6 Å². The van der Waals surface area contributed by atoms with Crippen molar-refractivity contribution < 1.29 is 19.1 Å². The first-order valence-corrected chi connectivity index (χ1v) is 9.46. The molecule has 142 valence electrons. The molecule has 1 aromatic rings. The highest BCUT2D eigenvalue weighted by molar-refractivity contribution is 5.97. The SMILES string of the molecule is Cc1ccc(C(=O)CCC(=O)O[C@@H](C)C(=O)N[C@H]2CCCC[C@@H]2C)cc1. The largest absolute Gasteiger partial charge is 0.453 e. The van der Waals surface area contributed by atoms with E-state index >= 15 is 0 Å². The zero-order valence-corrected chi connectivity index (χ0v) is 15.9. The van der Waals surface area contributed by atoms with Gasteiger partial charge in [0.15, 0.2) is 11.9 Å². The van der Waals surface area contributed by atoms with Gasteiger partial charge in [0.2, 0.25) is 0 Å². The Morgan fingerprint density at radius 1 is 1.12 bits per heavy atom. The Morgan fingerprint density at radius 2 is 1.77 bits per heavy atom. The summed E-state index contributed by atoms with van der Waals surface area (Å²) in [5.74, 6) is -0.440. The lowest BCUT2D eigenvalue weighted by Gasteiger charge is -2.30. The highest BCUT2D eigenvalue weighted by atomic mass is 16.5. The standard InChI is InChI=1S/C21H29NO4/c1-14-8-10-17(11-9-14)19(23)12-13-20(24)26-16(3)21(25)22-18-7-5-4-6-15(18)2/h8-11,15-16,18H,4-7,12-13H2,1-3H3,(H,22,25)/t15-,16-,18-/m0/s1. The number of esters is 1. The van der Waals surface area contributed by atoms with E-state index in [4.69, 9.17) is 4.74 Å². The van der Waals surface area contributed by atoms with Crippen molar-refractivity contribution in [2.45, 2.75) is 71.4 Å². The van der Waals surface area contributed by atoms with E-state index in [9.17, 15) is 14.4 Å². The van der Waals surface area contributed by atoms with E-state index in [2.05, 4.69) is 12.2 Å². The van der Waals surface area contributed by atoms with Crippen molar-refractivity contribution in [3.63, 3.8) is 0 Å². The summed E-state index contributed by atoms with van der Waals surface area (Å²) in [6.07, 6.45) is 3.61. The van der Waals surface area contributed by atoms with E-state index in [0.717, 1.165) is 24.8 Å². The lowest BCUT2D eigenvalue weighted by Crippen LogP contribution is -2.46. The van der Waals surface area contributed by atoms with Crippen LogP contribution >= 0.6 is 0 Å². The first kappa shape index (κ1) is 20.1. The molecular formula is C21H29NO4. The van der Waals surface area contributed by atoms with Crippen LogP contribution in [0.1, 0.15) is 68.3 Å². The molecule has 2 rings (SSSR count). The zero-order valence-electron chi connectivity index (χ0n) is 15.9. The number of ether oxygens (including phenoxy) is 1. The molecule has 1 aliphatic carbocycles. The molecular weight excluding hydrogens is 330 g/mol. The highest BCUT2D eigenvalue weighted by Gasteiger charge is 2.26. The van der Waals surface area contributed by atoms with Gasteiger partial charge in [0.1, 0.15) is 0 Å². The van der Waals surface area contributed by atoms with Gasteiger partial charge in [-0.25, -0.2) is 0 Å². The molecule has 5 nitrogen and oxygen atoms in total. The number of amides is 1. The lowest BCUT2D eigenvalue weighted by molar-refractivity contribution is -0.155. The molecule has 0 aliphatic heterocycles. The van der Waals surface area contributed by atoms with Crippen LogP contribution in [0.5, 0.6) is 0 Å². The van der Waals surface area contributed by atoms with Crippen LogP contribution in [-0.4, -0.2) is 29.8 Å². The van der Waals surface area contributed by atoms with Crippen molar-refractivity contribution in [2.75, 3.05) is 0 Å². The third-order valence-electron chi connectivity index (χ3n) is 5.05. The number of hydrogen-bond acceptors (Lipinski definition) is 4. The first-order valence-electron chi connectivity index (χ1n) is 9.46. The number of aryl methyl sites for hydroxylation is 1. The van der Waals surface area contributed by atoms with Crippen LogP contribution in [-0.2, 0) is 14.3 Å². The molecule has 0 heterocycles. The number of nitrogens with one attached hydrogen (secondary N) is 1. The second kappa shape index (κ2) is 9.51. The molecule has 1 N–H and O–H groups in total. The second-order valence-corrected chi connectivity index (χ2v) is 7.30. The van der Waals surface area contributed by atoms with Gasteiger partial charge in [0, 0.05) is 18.0 Å². The Balaban J connectivity index is 1.74. The van der Waals surface area contributed by atoms with Crippen molar-refractivity contribution in [3.05, 3.63) is 35.4 Å². The maximum atomic E-state index is 12.2. The quantitative estimate of drug-likeness (QED) is 0.596. The summed E-state index contributed by atoms with van der Waals surface area (Å²) in [7, 11) is 0. The van der Waals surface area contributed by atoms with Crippen molar-refractivity contribution in [1.82, 2.24) is 5.32 Å². The van der Waals surface area contributed by atoms with Crippen LogP contribution in [0.4, 0.5) is 0 Å². The number of carbonyl (C=O) groups excluding carboxylic acids is 3. The fourth-order valence-electron chi connectivity index (χ4n) is 3.24. The van der Waals surface area contributed by atoms with E-state index in [1.165, 1.54) is 6.42 Å². The second-order valence-electron chi connectivity index (χ2n) is 7.30. The molecule has 0 radical (unpaired) electrons. The fraction of sp³-hybridized carbons (Fsp3) is 0.571. The van der Waals surface area contributed by atoms with E-state index < -0.39 is 12.1 Å². The number of ketones is 1. The molecule has 1 fully saturated rings. The summed E-state index contributed by atoms with van der Waals surface area (Å²) in [6, 6.07) is 7.39. The number of benzene rings is 1. The average molecular weight is 359 g/mol. The minimum Gasteiger partial charge on any atom is -0.453 e. The molecule has 0 bridgehead atoms. The fourth-order valence-corrected chi connectivity index (χ4v) is 3.24. The molecule has 1 amide bonds. The number of Topliss-reactive ketones (excluding diaryl/α,β-unsaturated/α-hetero) is 1.